The summed E-state index contributed by atoms with van der Waals surface area (Å²) in [7, 11) is 0. The van der Waals surface area contributed by atoms with Crippen molar-refractivity contribution in [2.75, 3.05) is 18.7 Å². The van der Waals surface area contributed by atoms with Crippen LogP contribution in [0.3, 0.4) is 0 Å². The van der Waals surface area contributed by atoms with Gasteiger partial charge in [0.25, 0.3) is 0 Å². The fourth-order valence-electron chi connectivity index (χ4n) is 3.43. The van der Waals surface area contributed by atoms with Gasteiger partial charge in [-0.25, -0.2) is 0 Å². The minimum absolute atomic E-state index is 0.0510. The summed E-state index contributed by atoms with van der Waals surface area (Å²) in [5.74, 6) is -0.345. The number of benzene rings is 2. The van der Waals surface area contributed by atoms with E-state index < -0.39 is 23.6 Å². The van der Waals surface area contributed by atoms with Crippen molar-refractivity contribution in [3.05, 3.63) is 53.6 Å². The van der Waals surface area contributed by atoms with Crippen LogP contribution in [0, 0.1) is 5.92 Å². The van der Waals surface area contributed by atoms with Crippen molar-refractivity contribution in [2.24, 2.45) is 5.92 Å². The first-order valence-electron chi connectivity index (χ1n) is 8.94. The molecular weight excluding hydrogens is 389 g/mol. The number of nitrogens with zero attached hydrogens (tertiary/aromatic N) is 1. The van der Waals surface area contributed by atoms with E-state index in [-0.39, 0.29) is 37.9 Å². The molecule has 1 N–H and O–H groups in total. The molecule has 2 aromatic rings. The van der Waals surface area contributed by atoms with Gasteiger partial charge < -0.3 is 19.7 Å². The Bertz CT molecular complexity index is 961. The van der Waals surface area contributed by atoms with Gasteiger partial charge in [0, 0.05) is 19.5 Å². The number of amides is 2. The van der Waals surface area contributed by atoms with Gasteiger partial charge in [0.15, 0.2) is 11.5 Å². The molecule has 1 fully saturated rings. The van der Waals surface area contributed by atoms with Gasteiger partial charge in [-0.05, 0) is 29.8 Å². The quantitative estimate of drug-likeness (QED) is 0.845. The number of hydrogen-bond donors (Lipinski definition) is 1. The summed E-state index contributed by atoms with van der Waals surface area (Å²) >= 11 is 0. The molecule has 2 aliphatic heterocycles. The zero-order valence-electron chi connectivity index (χ0n) is 15.2. The lowest BCUT2D eigenvalue weighted by molar-refractivity contribution is -0.137. The van der Waals surface area contributed by atoms with Gasteiger partial charge in [-0.3, -0.25) is 9.59 Å². The van der Waals surface area contributed by atoms with Crippen LogP contribution in [-0.2, 0) is 22.3 Å². The molecule has 29 heavy (non-hydrogen) atoms. The zero-order valence-corrected chi connectivity index (χ0v) is 15.2. The first kappa shape index (κ1) is 19.1. The van der Waals surface area contributed by atoms with E-state index >= 15 is 0 Å². The highest BCUT2D eigenvalue weighted by Crippen LogP contribution is 2.36. The average Bonchev–Trinajstić information content (AvgIpc) is 3.28. The highest BCUT2D eigenvalue weighted by atomic mass is 19.4. The van der Waals surface area contributed by atoms with E-state index in [1.807, 2.05) is 0 Å². The molecule has 9 heteroatoms. The molecule has 0 aliphatic carbocycles. The van der Waals surface area contributed by atoms with Crippen molar-refractivity contribution >= 4 is 17.5 Å². The molecule has 4 rings (SSSR count). The van der Waals surface area contributed by atoms with E-state index in [9.17, 15) is 22.8 Å². The zero-order chi connectivity index (χ0) is 20.6. The highest BCUT2D eigenvalue weighted by molar-refractivity contribution is 5.97. The Morgan fingerprint density at radius 2 is 1.90 bits per heavy atom. The Morgan fingerprint density at radius 3 is 2.69 bits per heavy atom. The van der Waals surface area contributed by atoms with Crippen LogP contribution in [0.15, 0.2) is 42.5 Å². The monoisotopic (exact) mass is 406 g/mol. The fraction of sp³-hybridized carbons (Fsp3) is 0.300. The summed E-state index contributed by atoms with van der Waals surface area (Å²) in [6.45, 7) is 0.550. The number of halogens is 3. The molecule has 0 radical (unpaired) electrons. The standard InChI is InChI=1S/C20H17F3N2O4/c21-20(22,23)14-3-1-2-4-15(14)24-19(27)13-8-18(26)25(10-13)9-12-5-6-16-17(7-12)29-11-28-16/h1-7,13H,8-11H2,(H,24,27). The molecular formula is C20H17F3N2O4. The molecule has 0 spiro atoms. The first-order valence-corrected chi connectivity index (χ1v) is 8.94. The van der Waals surface area contributed by atoms with Gasteiger partial charge in [0.2, 0.25) is 18.6 Å². The lowest BCUT2D eigenvalue weighted by atomic mass is 10.1. The number of rotatable bonds is 4. The maximum absolute atomic E-state index is 13.1. The smallest absolute Gasteiger partial charge is 0.418 e. The molecule has 6 nitrogen and oxygen atoms in total. The molecule has 2 aliphatic rings. The number of fused-ring (bicyclic) bond motifs is 1. The summed E-state index contributed by atoms with van der Waals surface area (Å²) in [6.07, 6.45) is -4.63. The van der Waals surface area contributed by atoms with Crippen molar-refractivity contribution in [1.82, 2.24) is 4.90 Å². The largest absolute Gasteiger partial charge is 0.454 e. The van der Waals surface area contributed by atoms with E-state index in [0.29, 0.717) is 11.5 Å². The SMILES string of the molecule is O=C(Nc1ccccc1C(F)(F)F)C1CC(=O)N(Cc2ccc3c(c2)OCO3)C1. The summed E-state index contributed by atoms with van der Waals surface area (Å²) in [4.78, 5) is 26.3. The molecule has 1 atom stereocenters. The maximum atomic E-state index is 13.1. The molecule has 0 bridgehead atoms. The molecule has 1 unspecified atom stereocenters. The number of likely N-dealkylation sites (tertiary alicyclic amines) is 1. The van der Waals surface area contributed by atoms with Crippen molar-refractivity contribution in [1.29, 1.82) is 0 Å². The summed E-state index contributed by atoms with van der Waals surface area (Å²) in [5.41, 5.74) is -0.423. The molecule has 152 valence electrons. The minimum atomic E-state index is -4.58. The third kappa shape index (κ3) is 3.98. The lowest BCUT2D eigenvalue weighted by Gasteiger charge is -2.18. The molecule has 2 amide bonds. The molecule has 0 saturated carbocycles. The van der Waals surface area contributed by atoms with Crippen LogP contribution < -0.4 is 14.8 Å². The van der Waals surface area contributed by atoms with Gasteiger partial charge in [-0.2, -0.15) is 13.2 Å². The molecule has 2 aromatic carbocycles. The van der Waals surface area contributed by atoms with Crippen LogP contribution in [-0.4, -0.2) is 30.1 Å². The molecule has 0 aromatic heterocycles. The van der Waals surface area contributed by atoms with Gasteiger partial charge in [-0.1, -0.05) is 18.2 Å². The van der Waals surface area contributed by atoms with Crippen molar-refractivity contribution < 1.29 is 32.2 Å². The third-order valence-electron chi connectivity index (χ3n) is 4.89. The summed E-state index contributed by atoms with van der Waals surface area (Å²) in [5, 5.41) is 2.32. The molecule has 2 heterocycles. The average molecular weight is 406 g/mol. The Hall–Kier alpha value is -3.23. The van der Waals surface area contributed by atoms with Crippen molar-refractivity contribution in [3.63, 3.8) is 0 Å². The van der Waals surface area contributed by atoms with Crippen LogP contribution in [0.2, 0.25) is 0 Å². The Labute approximate surface area is 164 Å². The van der Waals surface area contributed by atoms with Gasteiger partial charge in [0.1, 0.15) is 0 Å². The van der Waals surface area contributed by atoms with Crippen LogP contribution in [0.25, 0.3) is 0 Å². The van der Waals surface area contributed by atoms with Crippen LogP contribution in [0.1, 0.15) is 17.5 Å². The van der Waals surface area contributed by atoms with Crippen LogP contribution in [0.5, 0.6) is 11.5 Å². The predicted octanol–water partition coefficient (Wildman–Crippen LogP) is 3.42. The highest BCUT2D eigenvalue weighted by Gasteiger charge is 2.37. The van der Waals surface area contributed by atoms with E-state index in [1.54, 1.807) is 18.2 Å². The number of carbonyl (C=O) groups excluding carboxylic acids is 2. The Balaban J connectivity index is 1.42. The van der Waals surface area contributed by atoms with Gasteiger partial charge in [-0.15, -0.1) is 0 Å². The topological polar surface area (TPSA) is 67.9 Å². The van der Waals surface area contributed by atoms with E-state index in [4.69, 9.17) is 9.47 Å². The number of hydrogen-bond acceptors (Lipinski definition) is 4. The van der Waals surface area contributed by atoms with Crippen LogP contribution >= 0.6 is 0 Å². The number of alkyl halides is 3. The van der Waals surface area contributed by atoms with Gasteiger partial charge in [0.05, 0.1) is 17.2 Å². The normalized spacial score (nSPS) is 18.2. The first-order chi connectivity index (χ1) is 13.8. The molecule has 1 saturated heterocycles. The Morgan fingerprint density at radius 1 is 1.14 bits per heavy atom. The fourth-order valence-corrected chi connectivity index (χ4v) is 3.43. The number of nitrogens with one attached hydrogen (secondary N) is 1. The number of para-hydroxylation sites is 1. The second-order valence-electron chi connectivity index (χ2n) is 6.90. The van der Waals surface area contributed by atoms with E-state index in [1.165, 1.54) is 23.1 Å². The van der Waals surface area contributed by atoms with E-state index in [0.717, 1.165) is 11.6 Å². The summed E-state index contributed by atoms with van der Waals surface area (Å²) < 4.78 is 49.9. The minimum Gasteiger partial charge on any atom is -0.454 e. The number of carbonyl (C=O) groups is 2. The number of ether oxygens (including phenoxy) is 2. The number of anilines is 1. The van der Waals surface area contributed by atoms with Crippen molar-refractivity contribution in [2.45, 2.75) is 19.1 Å². The second kappa shape index (κ2) is 7.31. The Kier molecular flexibility index (Phi) is 4.81. The van der Waals surface area contributed by atoms with Gasteiger partial charge >= 0.3 is 6.18 Å². The van der Waals surface area contributed by atoms with E-state index in [2.05, 4.69) is 5.32 Å². The second-order valence-corrected chi connectivity index (χ2v) is 6.90. The third-order valence-corrected chi connectivity index (χ3v) is 4.89. The predicted molar refractivity (Wildman–Crippen MR) is 96.2 cm³/mol. The summed E-state index contributed by atoms with van der Waals surface area (Å²) in [6, 6.07) is 10.1. The van der Waals surface area contributed by atoms with Crippen molar-refractivity contribution in [3.8, 4) is 11.5 Å². The van der Waals surface area contributed by atoms with Crippen LogP contribution in [0.4, 0.5) is 18.9 Å². The lowest BCUT2D eigenvalue weighted by Crippen LogP contribution is -2.28. The maximum Gasteiger partial charge on any atom is 0.418 e.